The Balaban J connectivity index is 0.000000364. The standard InChI is InChI=1S/C6H4ClNO2.C2H6O2/c7-5-1-3-6(4-2-5)8(9)10;3-1-2-4/h1-4H;3-4H,1-2H2. The molecule has 5 nitrogen and oxygen atoms in total. The van der Waals surface area contributed by atoms with Crippen LogP contribution in [0.3, 0.4) is 0 Å². The third kappa shape index (κ3) is 5.47. The van der Waals surface area contributed by atoms with Gasteiger partial charge in [-0.25, -0.2) is 0 Å². The van der Waals surface area contributed by atoms with Gasteiger partial charge in [-0.2, -0.15) is 0 Å². The highest BCUT2D eigenvalue weighted by atomic mass is 35.5. The van der Waals surface area contributed by atoms with Gasteiger partial charge >= 0.3 is 0 Å². The average Bonchev–Trinajstić information content (AvgIpc) is 2.19. The second-order valence-electron chi connectivity index (χ2n) is 2.18. The van der Waals surface area contributed by atoms with Crippen LogP contribution in [-0.2, 0) is 0 Å². The lowest BCUT2D eigenvalue weighted by Crippen LogP contribution is -1.85. The van der Waals surface area contributed by atoms with Gasteiger partial charge in [-0.1, -0.05) is 11.6 Å². The SMILES string of the molecule is O=[N+]([O-])c1ccc(Cl)cc1.OCCO. The van der Waals surface area contributed by atoms with Gasteiger partial charge in [-0.3, -0.25) is 10.1 Å². The van der Waals surface area contributed by atoms with Crippen LogP contribution in [0.4, 0.5) is 5.69 Å². The number of nitro groups is 1. The van der Waals surface area contributed by atoms with Crippen molar-refractivity contribution >= 4 is 17.3 Å². The highest BCUT2D eigenvalue weighted by Crippen LogP contribution is 2.14. The summed E-state index contributed by atoms with van der Waals surface area (Å²) in [5.41, 5.74) is 0.0596. The Morgan fingerprint density at radius 2 is 1.64 bits per heavy atom. The molecule has 0 saturated carbocycles. The minimum Gasteiger partial charge on any atom is -0.394 e. The van der Waals surface area contributed by atoms with Crippen LogP contribution < -0.4 is 0 Å². The van der Waals surface area contributed by atoms with Crippen LogP contribution in [0.25, 0.3) is 0 Å². The van der Waals surface area contributed by atoms with Crippen molar-refractivity contribution in [3.63, 3.8) is 0 Å². The zero-order valence-corrected chi connectivity index (χ0v) is 8.02. The van der Waals surface area contributed by atoms with E-state index in [2.05, 4.69) is 0 Å². The van der Waals surface area contributed by atoms with Crippen LogP contribution in [-0.4, -0.2) is 28.4 Å². The number of aliphatic hydroxyl groups excluding tert-OH is 2. The Labute approximate surface area is 85.7 Å². The lowest BCUT2D eigenvalue weighted by atomic mass is 10.3. The molecule has 2 N–H and O–H groups in total. The molecule has 0 unspecified atom stereocenters. The van der Waals surface area contributed by atoms with Crippen molar-refractivity contribution in [1.29, 1.82) is 0 Å². The Hall–Kier alpha value is -1.17. The molecule has 0 aliphatic carbocycles. The van der Waals surface area contributed by atoms with Crippen molar-refractivity contribution in [2.24, 2.45) is 0 Å². The maximum Gasteiger partial charge on any atom is 0.269 e. The van der Waals surface area contributed by atoms with Crippen molar-refractivity contribution in [3.05, 3.63) is 39.4 Å². The summed E-state index contributed by atoms with van der Waals surface area (Å²) in [5, 5.41) is 25.8. The maximum atomic E-state index is 10.1. The predicted molar refractivity (Wildman–Crippen MR) is 52.3 cm³/mol. The number of hydrogen-bond donors (Lipinski definition) is 2. The van der Waals surface area contributed by atoms with Crippen molar-refractivity contribution in [1.82, 2.24) is 0 Å². The third-order valence-electron chi connectivity index (χ3n) is 1.14. The normalized spacial score (nSPS) is 8.79. The molecule has 0 fully saturated rings. The molecule has 1 aromatic carbocycles. The van der Waals surface area contributed by atoms with E-state index >= 15 is 0 Å². The zero-order chi connectivity index (χ0) is 11.0. The molecule has 1 aromatic rings. The first-order chi connectivity index (χ1) is 6.61. The lowest BCUT2D eigenvalue weighted by molar-refractivity contribution is -0.384. The quantitative estimate of drug-likeness (QED) is 0.579. The molecule has 78 valence electrons. The van der Waals surface area contributed by atoms with Crippen LogP contribution in [0.5, 0.6) is 0 Å². The monoisotopic (exact) mass is 219 g/mol. The van der Waals surface area contributed by atoms with Crippen molar-refractivity contribution in [2.75, 3.05) is 13.2 Å². The third-order valence-corrected chi connectivity index (χ3v) is 1.39. The Bertz CT molecular complexity index is 273. The van der Waals surface area contributed by atoms with Crippen molar-refractivity contribution in [2.45, 2.75) is 0 Å². The molecular formula is C8H10ClNO4. The molecule has 0 aliphatic heterocycles. The smallest absolute Gasteiger partial charge is 0.269 e. The van der Waals surface area contributed by atoms with E-state index in [-0.39, 0.29) is 18.9 Å². The Kier molecular flexibility index (Phi) is 6.65. The van der Waals surface area contributed by atoms with E-state index in [0.717, 1.165) is 0 Å². The summed E-state index contributed by atoms with van der Waals surface area (Å²) in [4.78, 5) is 9.61. The molecule has 0 atom stereocenters. The van der Waals surface area contributed by atoms with Gasteiger partial charge in [0.1, 0.15) is 0 Å². The molecule has 0 aliphatic rings. The molecule has 0 amide bonds. The molecule has 1 rings (SSSR count). The first-order valence-corrected chi connectivity index (χ1v) is 4.11. The number of aliphatic hydroxyl groups is 2. The van der Waals surface area contributed by atoms with Gasteiger partial charge in [0.15, 0.2) is 0 Å². The van der Waals surface area contributed by atoms with Crippen LogP contribution in [0, 0.1) is 10.1 Å². The molecular weight excluding hydrogens is 210 g/mol. The largest absolute Gasteiger partial charge is 0.394 e. The second-order valence-corrected chi connectivity index (χ2v) is 2.62. The molecule has 0 radical (unpaired) electrons. The summed E-state index contributed by atoms with van der Waals surface area (Å²) in [6, 6.07) is 5.70. The van der Waals surface area contributed by atoms with Gasteiger partial charge in [0, 0.05) is 17.2 Å². The summed E-state index contributed by atoms with van der Waals surface area (Å²) in [7, 11) is 0. The topological polar surface area (TPSA) is 83.6 Å². The molecule has 0 bridgehead atoms. The summed E-state index contributed by atoms with van der Waals surface area (Å²) < 4.78 is 0. The minimum absolute atomic E-state index is 0.0596. The predicted octanol–water partition coefficient (Wildman–Crippen LogP) is 1.22. The van der Waals surface area contributed by atoms with E-state index in [1.54, 1.807) is 0 Å². The minimum atomic E-state index is -0.462. The first-order valence-electron chi connectivity index (χ1n) is 3.73. The fourth-order valence-electron chi connectivity index (χ4n) is 0.563. The molecule has 14 heavy (non-hydrogen) atoms. The number of nitro benzene ring substituents is 1. The fraction of sp³-hybridized carbons (Fsp3) is 0.250. The number of hydrogen-bond acceptors (Lipinski definition) is 4. The van der Waals surface area contributed by atoms with E-state index in [1.165, 1.54) is 24.3 Å². The summed E-state index contributed by atoms with van der Waals surface area (Å²) in [6.07, 6.45) is 0. The van der Waals surface area contributed by atoms with E-state index in [0.29, 0.717) is 5.02 Å². The van der Waals surface area contributed by atoms with E-state index < -0.39 is 4.92 Å². The molecule has 0 heterocycles. The second kappa shape index (κ2) is 7.25. The molecule has 0 saturated heterocycles. The average molecular weight is 220 g/mol. The molecule has 6 heteroatoms. The van der Waals surface area contributed by atoms with Gasteiger partial charge in [0.05, 0.1) is 18.1 Å². The van der Waals surface area contributed by atoms with Gasteiger partial charge in [-0.05, 0) is 12.1 Å². The summed E-state index contributed by atoms with van der Waals surface area (Å²) in [6.45, 7) is -0.250. The summed E-state index contributed by atoms with van der Waals surface area (Å²) in [5.74, 6) is 0. The first kappa shape index (κ1) is 12.8. The highest BCUT2D eigenvalue weighted by Gasteiger charge is 2.01. The highest BCUT2D eigenvalue weighted by molar-refractivity contribution is 6.30. The summed E-state index contributed by atoms with van der Waals surface area (Å²) >= 11 is 5.49. The molecule has 0 aromatic heterocycles. The number of nitrogens with zero attached hydrogens (tertiary/aromatic N) is 1. The van der Waals surface area contributed by atoms with Gasteiger partial charge < -0.3 is 10.2 Å². The van der Waals surface area contributed by atoms with Crippen LogP contribution in [0.15, 0.2) is 24.3 Å². The lowest BCUT2D eigenvalue weighted by Gasteiger charge is -1.88. The zero-order valence-electron chi connectivity index (χ0n) is 7.26. The van der Waals surface area contributed by atoms with Crippen LogP contribution in [0.1, 0.15) is 0 Å². The number of non-ortho nitro benzene ring substituents is 1. The Morgan fingerprint density at radius 1 is 1.21 bits per heavy atom. The van der Waals surface area contributed by atoms with E-state index in [9.17, 15) is 10.1 Å². The van der Waals surface area contributed by atoms with Gasteiger partial charge in [-0.15, -0.1) is 0 Å². The number of benzene rings is 1. The molecule has 0 spiro atoms. The fourth-order valence-corrected chi connectivity index (χ4v) is 0.689. The van der Waals surface area contributed by atoms with Crippen LogP contribution in [0.2, 0.25) is 5.02 Å². The number of halogens is 1. The number of rotatable bonds is 2. The maximum absolute atomic E-state index is 10.1. The van der Waals surface area contributed by atoms with E-state index in [1.807, 2.05) is 0 Å². The van der Waals surface area contributed by atoms with Crippen LogP contribution >= 0.6 is 11.6 Å². The van der Waals surface area contributed by atoms with Crippen molar-refractivity contribution < 1.29 is 15.1 Å². The Morgan fingerprint density at radius 3 is 1.93 bits per heavy atom. The van der Waals surface area contributed by atoms with Gasteiger partial charge in [0.25, 0.3) is 5.69 Å². The van der Waals surface area contributed by atoms with Crippen molar-refractivity contribution in [3.8, 4) is 0 Å². The van der Waals surface area contributed by atoms with Gasteiger partial charge in [0.2, 0.25) is 0 Å². The van der Waals surface area contributed by atoms with E-state index in [4.69, 9.17) is 21.8 Å².